The third-order valence-electron chi connectivity index (χ3n) is 4.43. The summed E-state index contributed by atoms with van der Waals surface area (Å²) in [7, 11) is 1.95. The lowest BCUT2D eigenvalue weighted by Crippen LogP contribution is -2.27. The topological polar surface area (TPSA) is 66.3 Å². The lowest BCUT2D eigenvalue weighted by atomic mass is 9.96. The van der Waals surface area contributed by atoms with Crippen molar-refractivity contribution in [2.45, 2.75) is 19.3 Å². The lowest BCUT2D eigenvalue weighted by Gasteiger charge is -2.13. The van der Waals surface area contributed by atoms with Crippen LogP contribution in [0.5, 0.6) is 0 Å². The van der Waals surface area contributed by atoms with E-state index in [1.54, 1.807) is 6.07 Å². The molecule has 1 aliphatic rings. The first kappa shape index (κ1) is 16.4. The second-order valence-corrected chi connectivity index (χ2v) is 6.56. The van der Waals surface area contributed by atoms with Gasteiger partial charge < -0.3 is 20.3 Å². The zero-order chi connectivity index (χ0) is 16.7. The number of anilines is 1. The fraction of sp³-hybridized carbons (Fsp3) is 0.438. The molecule has 23 heavy (non-hydrogen) atoms. The number of carbonyl (C=O) groups is 1. The zero-order valence-corrected chi connectivity index (χ0v) is 14.6. The highest BCUT2D eigenvalue weighted by molar-refractivity contribution is 6.45. The number of amides is 1. The average molecular weight is 356 g/mol. The smallest absolute Gasteiger partial charge is 0.227 e. The number of carbonyl (C=O) groups excluding carboxylic acids is 1. The summed E-state index contributed by atoms with van der Waals surface area (Å²) in [6.07, 6.45) is 0.740. The maximum absolute atomic E-state index is 12.3. The fourth-order valence-corrected chi connectivity index (χ4v) is 3.82. The number of nitrogens with zero attached hydrogens (tertiary/aromatic N) is 1. The lowest BCUT2D eigenvalue weighted by molar-refractivity contribution is -0.121. The van der Waals surface area contributed by atoms with Gasteiger partial charge in [0.05, 0.1) is 28.1 Å². The van der Waals surface area contributed by atoms with Gasteiger partial charge in [0.2, 0.25) is 5.91 Å². The van der Waals surface area contributed by atoms with Gasteiger partial charge in [-0.2, -0.15) is 0 Å². The van der Waals surface area contributed by atoms with Crippen LogP contribution in [0.3, 0.4) is 0 Å². The number of benzene rings is 1. The molecule has 5 nitrogen and oxygen atoms in total. The molecule has 2 heterocycles. The summed E-state index contributed by atoms with van der Waals surface area (Å²) >= 11 is 12.7. The van der Waals surface area contributed by atoms with Crippen LogP contribution < -0.4 is 10.6 Å². The third-order valence-corrected chi connectivity index (χ3v) is 5.21. The molecule has 0 aliphatic carbocycles. The number of halogens is 2. The standard InChI is InChI=1S/C16H19Cl2N3O2/c1-8-12-11(3-4-20-16(8)23)21(2)15-13(12)10(19-5-6-22)7-9(17)14(15)18/h7-8,19,22H,3-6H2,1-2H3,(H,20,23)/t8-/m0/s1. The van der Waals surface area contributed by atoms with Crippen molar-refractivity contribution < 1.29 is 9.90 Å². The van der Waals surface area contributed by atoms with Crippen LogP contribution in [0.4, 0.5) is 5.69 Å². The van der Waals surface area contributed by atoms with E-state index in [2.05, 4.69) is 10.6 Å². The molecule has 1 amide bonds. The summed E-state index contributed by atoms with van der Waals surface area (Å²) in [5, 5.41) is 17.1. The Morgan fingerprint density at radius 3 is 2.91 bits per heavy atom. The summed E-state index contributed by atoms with van der Waals surface area (Å²) in [6, 6.07) is 1.76. The maximum atomic E-state index is 12.3. The highest BCUT2D eigenvalue weighted by Gasteiger charge is 2.30. The molecule has 0 saturated carbocycles. The number of fused-ring (bicyclic) bond motifs is 3. The fourth-order valence-electron chi connectivity index (χ4n) is 3.35. The molecule has 0 radical (unpaired) electrons. The average Bonchev–Trinajstić information content (AvgIpc) is 2.73. The van der Waals surface area contributed by atoms with E-state index in [1.807, 2.05) is 18.5 Å². The summed E-state index contributed by atoms with van der Waals surface area (Å²) < 4.78 is 2.03. The number of hydrogen-bond donors (Lipinski definition) is 3. The van der Waals surface area contributed by atoms with Gasteiger partial charge in [0, 0.05) is 43.3 Å². The molecule has 0 bridgehead atoms. The van der Waals surface area contributed by atoms with Gasteiger partial charge in [0.15, 0.2) is 0 Å². The van der Waals surface area contributed by atoms with Crippen molar-refractivity contribution >= 4 is 45.7 Å². The van der Waals surface area contributed by atoms with Crippen LogP contribution in [0.2, 0.25) is 10.0 Å². The first-order valence-electron chi connectivity index (χ1n) is 7.59. The first-order chi connectivity index (χ1) is 11.0. The number of rotatable bonds is 3. The normalized spacial score (nSPS) is 17.8. The van der Waals surface area contributed by atoms with Crippen LogP contribution in [0, 0.1) is 0 Å². The van der Waals surface area contributed by atoms with Crippen molar-refractivity contribution in [2.75, 3.05) is 25.0 Å². The van der Waals surface area contributed by atoms with E-state index < -0.39 is 0 Å². The molecule has 1 aromatic heterocycles. The van der Waals surface area contributed by atoms with Gasteiger partial charge in [-0.05, 0) is 18.6 Å². The molecule has 0 saturated heterocycles. The van der Waals surface area contributed by atoms with Gasteiger partial charge in [-0.3, -0.25) is 4.79 Å². The molecule has 0 fully saturated rings. The van der Waals surface area contributed by atoms with Crippen molar-refractivity contribution in [1.82, 2.24) is 9.88 Å². The van der Waals surface area contributed by atoms with Gasteiger partial charge in [0.25, 0.3) is 0 Å². The first-order valence-corrected chi connectivity index (χ1v) is 8.34. The molecule has 1 aromatic carbocycles. The molecule has 7 heteroatoms. The highest BCUT2D eigenvalue weighted by atomic mass is 35.5. The monoisotopic (exact) mass is 355 g/mol. The van der Waals surface area contributed by atoms with Crippen molar-refractivity contribution in [3.8, 4) is 0 Å². The van der Waals surface area contributed by atoms with Gasteiger partial charge in [-0.15, -0.1) is 0 Å². The molecule has 124 valence electrons. The summed E-state index contributed by atoms with van der Waals surface area (Å²) in [6.45, 7) is 2.91. The maximum Gasteiger partial charge on any atom is 0.227 e. The SMILES string of the molecule is C[C@@H]1C(=O)NCCc2c1c1c(NCCO)cc(Cl)c(Cl)c1n2C. The van der Waals surface area contributed by atoms with Crippen molar-refractivity contribution in [1.29, 1.82) is 0 Å². The van der Waals surface area contributed by atoms with Crippen molar-refractivity contribution in [3.05, 3.63) is 27.4 Å². The third kappa shape index (κ3) is 2.57. The Balaban J connectivity index is 2.37. The summed E-state index contributed by atoms with van der Waals surface area (Å²) in [5.74, 6) is -0.265. The highest BCUT2D eigenvalue weighted by Crippen LogP contribution is 2.43. The van der Waals surface area contributed by atoms with Crippen LogP contribution >= 0.6 is 23.2 Å². The van der Waals surface area contributed by atoms with E-state index in [0.29, 0.717) is 23.1 Å². The van der Waals surface area contributed by atoms with Crippen molar-refractivity contribution in [3.63, 3.8) is 0 Å². The van der Waals surface area contributed by atoms with Crippen LogP contribution in [-0.2, 0) is 18.3 Å². The Kier molecular flexibility index (Phi) is 4.45. The Hall–Kier alpha value is -1.43. The second-order valence-electron chi connectivity index (χ2n) is 5.78. The van der Waals surface area contributed by atoms with Gasteiger partial charge in [-0.1, -0.05) is 23.2 Å². The molecule has 3 N–H and O–H groups in total. The van der Waals surface area contributed by atoms with Gasteiger partial charge >= 0.3 is 0 Å². The molecule has 2 aromatic rings. The molecular weight excluding hydrogens is 337 g/mol. The van der Waals surface area contributed by atoms with Gasteiger partial charge in [0.1, 0.15) is 0 Å². The second kappa shape index (κ2) is 6.23. The molecular formula is C16H19Cl2N3O2. The molecule has 3 rings (SSSR count). The van der Waals surface area contributed by atoms with E-state index in [9.17, 15) is 4.79 Å². The predicted molar refractivity (Wildman–Crippen MR) is 93.6 cm³/mol. The minimum atomic E-state index is -0.275. The number of aryl methyl sites for hydroxylation is 1. The van der Waals surface area contributed by atoms with Crippen molar-refractivity contribution in [2.24, 2.45) is 7.05 Å². The largest absolute Gasteiger partial charge is 0.395 e. The van der Waals surface area contributed by atoms with E-state index in [-0.39, 0.29) is 18.4 Å². The van der Waals surface area contributed by atoms with Crippen LogP contribution in [-0.4, -0.2) is 35.3 Å². The Labute approximate surface area is 144 Å². The van der Waals surface area contributed by atoms with Crippen LogP contribution in [0.1, 0.15) is 24.1 Å². The Morgan fingerprint density at radius 2 is 2.22 bits per heavy atom. The minimum absolute atomic E-state index is 0.00675. The molecule has 0 spiro atoms. The number of nitrogens with one attached hydrogen (secondary N) is 2. The number of aliphatic hydroxyl groups is 1. The number of hydrogen-bond acceptors (Lipinski definition) is 3. The van der Waals surface area contributed by atoms with E-state index in [1.165, 1.54) is 0 Å². The quantitative estimate of drug-likeness (QED) is 0.792. The molecule has 1 aliphatic heterocycles. The number of aliphatic hydroxyl groups excluding tert-OH is 1. The Bertz CT molecular complexity index is 786. The summed E-state index contributed by atoms with van der Waals surface area (Å²) in [4.78, 5) is 12.3. The number of aromatic nitrogens is 1. The van der Waals surface area contributed by atoms with Crippen LogP contribution in [0.15, 0.2) is 6.07 Å². The molecule has 1 atom stereocenters. The van der Waals surface area contributed by atoms with E-state index in [0.717, 1.165) is 34.3 Å². The van der Waals surface area contributed by atoms with Gasteiger partial charge in [-0.25, -0.2) is 0 Å². The van der Waals surface area contributed by atoms with E-state index in [4.69, 9.17) is 28.3 Å². The molecule has 0 unspecified atom stereocenters. The van der Waals surface area contributed by atoms with E-state index >= 15 is 0 Å². The minimum Gasteiger partial charge on any atom is -0.395 e. The predicted octanol–water partition coefficient (Wildman–Crippen LogP) is 2.67. The Morgan fingerprint density at radius 1 is 1.48 bits per heavy atom. The van der Waals surface area contributed by atoms with Crippen LogP contribution in [0.25, 0.3) is 10.9 Å². The summed E-state index contributed by atoms with van der Waals surface area (Å²) in [5.41, 5.74) is 3.69. The zero-order valence-electron chi connectivity index (χ0n) is 13.0.